The smallest absolute Gasteiger partial charge is 0.231 e. The zero-order valence-electron chi connectivity index (χ0n) is 27.6. The Labute approximate surface area is 262 Å². The first-order valence-electron chi connectivity index (χ1n) is 15.6. The van der Waals surface area contributed by atoms with Crippen LogP contribution in [0.5, 0.6) is 0 Å². The van der Waals surface area contributed by atoms with Crippen LogP contribution < -0.4 is 4.57 Å². The fourth-order valence-corrected chi connectivity index (χ4v) is 8.47. The van der Waals surface area contributed by atoms with Gasteiger partial charge in [0.15, 0.2) is 6.20 Å². The van der Waals surface area contributed by atoms with E-state index < -0.39 is 5.54 Å². The Bertz CT molecular complexity index is 1990. The number of benzene rings is 4. The molecule has 6 rings (SSSR count). The van der Waals surface area contributed by atoms with Gasteiger partial charge >= 0.3 is 0 Å². The molecule has 4 aromatic carbocycles. The second-order valence-electron chi connectivity index (χ2n) is 15.8. The molecule has 0 radical (unpaired) electrons. The van der Waals surface area contributed by atoms with Gasteiger partial charge in [0.25, 0.3) is 0 Å². The summed E-state index contributed by atoms with van der Waals surface area (Å²) in [4.78, 5) is 6.71. The van der Waals surface area contributed by atoms with Crippen molar-refractivity contribution in [1.82, 2.24) is 0 Å². The van der Waals surface area contributed by atoms with Crippen molar-refractivity contribution in [2.75, 3.05) is 0 Å². The molecule has 0 amide bonds. The minimum Gasteiger partial charge on any atom is -0.311 e. The summed E-state index contributed by atoms with van der Waals surface area (Å²) in [6, 6.07) is 18.6. The maximum atomic E-state index is 7.80. The molecule has 1 aliphatic rings. The fraction of sp³-hybridized carbons (Fsp3) is 0.400. The average Bonchev–Trinajstić information content (AvgIpc) is 2.90. The number of nitrogens with zero attached hydrogens (tertiary/aromatic N) is 2. The van der Waals surface area contributed by atoms with Crippen molar-refractivity contribution in [1.29, 1.82) is 0 Å². The quantitative estimate of drug-likeness (QED) is 0.113. The first kappa shape index (κ1) is 29.7. The molecular weight excluding hydrogens is 541 g/mol. The topological polar surface area (TPSA) is 8.24 Å². The third-order valence-corrected chi connectivity index (χ3v) is 10.0. The van der Waals surface area contributed by atoms with Crippen LogP contribution in [0.1, 0.15) is 77.6 Å². The van der Waals surface area contributed by atoms with Crippen LogP contribution in [0.15, 0.2) is 64.5 Å². The number of pyridine rings is 1. The van der Waals surface area contributed by atoms with Gasteiger partial charge in [-0.15, -0.1) is 0 Å². The Morgan fingerprint density at radius 3 is 2.19 bits per heavy atom. The Kier molecular flexibility index (Phi) is 6.98. The summed E-state index contributed by atoms with van der Waals surface area (Å²) in [6.07, 6.45) is 5.07. The summed E-state index contributed by atoms with van der Waals surface area (Å²) in [5, 5.41) is 8.00. The third kappa shape index (κ3) is 5.33. The Morgan fingerprint density at radius 1 is 0.791 bits per heavy atom. The molecule has 0 spiro atoms. The zero-order chi connectivity index (χ0) is 31.1. The molecule has 0 unspecified atom stereocenters. The highest BCUT2D eigenvalue weighted by molar-refractivity contribution is 8.00. The van der Waals surface area contributed by atoms with Crippen molar-refractivity contribution in [3.63, 3.8) is 0 Å². The van der Waals surface area contributed by atoms with Crippen LogP contribution in [-0.2, 0) is 26.3 Å². The van der Waals surface area contributed by atoms with Crippen molar-refractivity contribution < 1.29 is 4.57 Å². The molecule has 1 aromatic heterocycles. The predicted molar refractivity (Wildman–Crippen MR) is 185 cm³/mol. The van der Waals surface area contributed by atoms with E-state index in [2.05, 4.69) is 134 Å². The SMILES string of the molecule is [C-]#[N+]C(C)(C)Cc1cccc2cc3c4c([n+](C)ccc4c12)-c1c(c(CC(C)(C)C)c2ccc(CC(C)(C)C)cc2c1C)S3. The summed E-state index contributed by atoms with van der Waals surface area (Å²) in [5.41, 5.74) is 8.18. The van der Waals surface area contributed by atoms with Gasteiger partial charge in [0.05, 0.1) is 17.4 Å². The standard InChI is InChI=1S/C40H45N2S/c1-24-30-19-25(21-38(2,3)4)15-16-28(30)31(23-39(5,6)7)37-33(24)36-35-29(17-18-42(36)11)34-26(20-32(35)43-37)13-12-14-27(34)22-40(8,9)41-10/h12-20H,21-23H2,1-9,11H3/q+1. The highest BCUT2D eigenvalue weighted by Crippen LogP contribution is 2.54. The van der Waals surface area contributed by atoms with Gasteiger partial charge in [0.1, 0.15) is 7.05 Å². The Balaban J connectivity index is 1.73. The maximum Gasteiger partial charge on any atom is 0.231 e. The molecule has 0 aliphatic carbocycles. The van der Waals surface area contributed by atoms with E-state index in [0.29, 0.717) is 0 Å². The summed E-state index contributed by atoms with van der Waals surface area (Å²) < 4.78 is 2.35. The van der Waals surface area contributed by atoms with Crippen LogP contribution in [0, 0.1) is 24.3 Å². The van der Waals surface area contributed by atoms with E-state index in [-0.39, 0.29) is 10.8 Å². The van der Waals surface area contributed by atoms with E-state index in [4.69, 9.17) is 6.57 Å². The van der Waals surface area contributed by atoms with Crippen LogP contribution in [0.2, 0.25) is 0 Å². The Hall–Kier alpha value is -3.35. The van der Waals surface area contributed by atoms with Gasteiger partial charge in [-0.3, -0.25) is 0 Å². The van der Waals surface area contributed by atoms with Gasteiger partial charge in [-0.05, 0) is 80.5 Å². The number of fused-ring (bicyclic) bond motifs is 5. The predicted octanol–water partition coefficient (Wildman–Crippen LogP) is 10.8. The summed E-state index contributed by atoms with van der Waals surface area (Å²) >= 11 is 1.97. The van der Waals surface area contributed by atoms with Crippen molar-refractivity contribution in [3.05, 3.63) is 88.4 Å². The van der Waals surface area contributed by atoms with E-state index in [1.165, 1.54) is 75.6 Å². The molecule has 2 nitrogen and oxygen atoms in total. The second-order valence-corrected chi connectivity index (χ2v) is 16.9. The lowest BCUT2D eigenvalue weighted by atomic mass is 9.81. The molecule has 0 saturated heterocycles. The van der Waals surface area contributed by atoms with Crippen LogP contribution in [0.25, 0.3) is 48.4 Å². The maximum absolute atomic E-state index is 7.80. The van der Waals surface area contributed by atoms with E-state index in [0.717, 1.165) is 19.3 Å². The van der Waals surface area contributed by atoms with Crippen molar-refractivity contribution in [2.45, 2.75) is 96.9 Å². The van der Waals surface area contributed by atoms with Gasteiger partial charge in [-0.2, -0.15) is 0 Å². The van der Waals surface area contributed by atoms with Gasteiger partial charge < -0.3 is 4.85 Å². The van der Waals surface area contributed by atoms with Crippen LogP contribution >= 0.6 is 11.8 Å². The highest BCUT2D eigenvalue weighted by atomic mass is 32.2. The van der Waals surface area contributed by atoms with E-state index in [1.807, 2.05) is 11.8 Å². The van der Waals surface area contributed by atoms with Crippen LogP contribution in [-0.4, -0.2) is 5.54 Å². The molecule has 2 heterocycles. The largest absolute Gasteiger partial charge is 0.311 e. The van der Waals surface area contributed by atoms with Crippen LogP contribution in [0.4, 0.5) is 0 Å². The molecular formula is C40H45N2S+. The lowest BCUT2D eigenvalue weighted by Crippen LogP contribution is -2.32. The summed E-state index contributed by atoms with van der Waals surface area (Å²) in [7, 11) is 2.21. The highest BCUT2D eigenvalue weighted by Gasteiger charge is 2.34. The van der Waals surface area contributed by atoms with Crippen molar-refractivity contribution >= 4 is 44.1 Å². The third-order valence-electron chi connectivity index (χ3n) is 8.81. The lowest BCUT2D eigenvalue weighted by molar-refractivity contribution is -0.659. The van der Waals surface area contributed by atoms with Crippen LogP contribution in [0.3, 0.4) is 0 Å². The first-order chi connectivity index (χ1) is 20.1. The normalized spacial score (nSPS) is 13.5. The minimum absolute atomic E-state index is 0.156. The first-order valence-corrected chi connectivity index (χ1v) is 16.4. The van der Waals surface area contributed by atoms with Crippen molar-refractivity contribution in [2.24, 2.45) is 17.9 Å². The second kappa shape index (κ2) is 10.1. The van der Waals surface area contributed by atoms with E-state index in [9.17, 15) is 0 Å². The van der Waals surface area contributed by atoms with Gasteiger partial charge in [-0.1, -0.05) is 89.7 Å². The molecule has 0 saturated carbocycles. The number of rotatable bonds is 4. The number of hydrogen-bond acceptors (Lipinski definition) is 1. The van der Waals surface area contributed by atoms with Gasteiger partial charge in [-0.25, -0.2) is 11.1 Å². The van der Waals surface area contributed by atoms with E-state index >= 15 is 0 Å². The zero-order valence-corrected chi connectivity index (χ0v) is 28.4. The van der Waals surface area contributed by atoms with Gasteiger partial charge in [0, 0.05) is 35.1 Å². The fourth-order valence-electron chi connectivity index (χ4n) is 7.10. The number of aromatic nitrogens is 1. The molecule has 43 heavy (non-hydrogen) atoms. The molecule has 0 bridgehead atoms. The monoisotopic (exact) mass is 585 g/mol. The summed E-state index contributed by atoms with van der Waals surface area (Å²) in [6.45, 7) is 28.3. The molecule has 220 valence electrons. The lowest BCUT2D eigenvalue weighted by Gasteiger charge is -2.28. The number of aryl methyl sites for hydroxylation is 2. The molecule has 5 aromatic rings. The van der Waals surface area contributed by atoms with E-state index in [1.54, 1.807) is 0 Å². The molecule has 3 heteroatoms. The van der Waals surface area contributed by atoms with Crippen molar-refractivity contribution in [3.8, 4) is 11.3 Å². The molecule has 1 aliphatic heterocycles. The summed E-state index contributed by atoms with van der Waals surface area (Å²) in [5.74, 6) is 0. The van der Waals surface area contributed by atoms with Gasteiger partial charge in [0.2, 0.25) is 11.2 Å². The molecule has 0 atom stereocenters. The number of hydrogen-bond donors (Lipinski definition) is 0. The Morgan fingerprint density at radius 2 is 1.51 bits per heavy atom. The molecule has 0 N–H and O–H groups in total. The average molecular weight is 586 g/mol. The minimum atomic E-state index is -0.442. The molecule has 0 fully saturated rings.